The van der Waals surface area contributed by atoms with Gasteiger partial charge in [-0.1, -0.05) is 0 Å². The van der Waals surface area contributed by atoms with Crippen molar-refractivity contribution in [3.05, 3.63) is 10.4 Å². The minimum absolute atomic E-state index is 0.147. The lowest BCUT2D eigenvalue weighted by Crippen LogP contribution is -2.23. The molecule has 7 nitrogen and oxygen atoms in total. The number of esters is 1. The van der Waals surface area contributed by atoms with E-state index in [0.717, 1.165) is 17.9 Å². The molecule has 0 radical (unpaired) electrons. The van der Waals surface area contributed by atoms with Crippen LogP contribution in [0.15, 0.2) is 0 Å². The minimum atomic E-state index is -0.543. The van der Waals surface area contributed by atoms with Crippen LogP contribution in [0.4, 0.5) is 10.7 Å². The molecular weight excluding hydrogens is 280 g/mol. The molecule has 1 rings (SSSR count). The van der Waals surface area contributed by atoms with Crippen molar-refractivity contribution in [2.24, 2.45) is 0 Å². The van der Waals surface area contributed by atoms with Gasteiger partial charge >= 0.3 is 5.97 Å². The number of methoxy groups -OCH3 is 1. The molecule has 1 aromatic heterocycles. The first-order chi connectivity index (χ1) is 9.42. The number of hydrogen-bond acceptors (Lipinski definition) is 7. The smallest absolute Gasteiger partial charge is 0.350 e. The van der Waals surface area contributed by atoms with Crippen LogP contribution in [0.1, 0.15) is 20.0 Å². The number of carbonyl (C=O) groups excluding carboxylic acids is 2. The number of carbonyl (C=O) groups is 2. The molecule has 1 heterocycles. The molecule has 0 spiro atoms. The lowest BCUT2D eigenvalue weighted by molar-refractivity contribution is 0.0607. The summed E-state index contributed by atoms with van der Waals surface area (Å²) < 4.78 is 4.67. The van der Waals surface area contributed by atoms with Crippen LogP contribution in [0.2, 0.25) is 0 Å². The van der Waals surface area contributed by atoms with Gasteiger partial charge < -0.3 is 26.0 Å². The van der Waals surface area contributed by atoms with E-state index in [0.29, 0.717) is 11.5 Å². The van der Waals surface area contributed by atoms with Crippen LogP contribution in [-0.4, -0.2) is 58.1 Å². The molecule has 0 aliphatic rings. The van der Waals surface area contributed by atoms with Crippen LogP contribution < -0.4 is 16.4 Å². The molecule has 0 aromatic carbocycles. The van der Waals surface area contributed by atoms with E-state index in [2.05, 4.69) is 15.4 Å². The molecular formula is C12H20N4O3S. The molecule has 0 saturated carbocycles. The number of rotatable bonds is 6. The summed E-state index contributed by atoms with van der Waals surface area (Å²) in [4.78, 5) is 25.8. The first kappa shape index (κ1) is 16.3. The van der Waals surface area contributed by atoms with Gasteiger partial charge in [-0.25, -0.2) is 4.79 Å². The van der Waals surface area contributed by atoms with Crippen molar-refractivity contribution in [3.8, 4) is 0 Å². The van der Waals surface area contributed by atoms with E-state index < -0.39 is 5.97 Å². The largest absolute Gasteiger partial charge is 0.465 e. The number of nitrogens with one attached hydrogen (secondary N) is 2. The third kappa shape index (κ3) is 3.61. The summed E-state index contributed by atoms with van der Waals surface area (Å²) >= 11 is 1.12. The van der Waals surface area contributed by atoms with Gasteiger partial charge in [-0.2, -0.15) is 0 Å². The maximum atomic E-state index is 11.9. The number of thiophene rings is 1. The quantitative estimate of drug-likeness (QED) is 0.660. The third-order valence-corrected chi connectivity index (χ3v) is 3.76. The van der Waals surface area contributed by atoms with Crippen LogP contribution in [0, 0.1) is 0 Å². The number of nitrogen functional groups attached to an aromatic ring is 1. The molecule has 8 heteroatoms. The summed E-state index contributed by atoms with van der Waals surface area (Å²) in [5.41, 5.74) is 6.32. The van der Waals surface area contributed by atoms with Crippen molar-refractivity contribution >= 4 is 33.9 Å². The molecule has 4 N–H and O–H groups in total. The first-order valence-corrected chi connectivity index (χ1v) is 6.85. The van der Waals surface area contributed by atoms with Gasteiger partial charge in [-0.3, -0.25) is 4.79 Å². The van der Waals surface area contributed by atoms with Crippen molar-refractivity contribution in [2.75, 3.05) is 52.4 Å². The fourth-order valence-corrected chi connectivity index (χ4v) is 2.62. The monoisotopic (exact) mass is 300 g/mol. The predicted molar refractivity (Wildman–Crippen MR) is 80.5 cm³/mol. The molecule has 0 bridgehead atoms. The molecule has 1 amide bonds. The maximum absolute atomic E-state index is 11.9. The molecule has 0 atom stereocenters. The fourth-order valence-electron chi connectivity index (χ4n) is 1.56. The number of amides is 1. The Hall–Kier alpha value is -1.80. The van der Waals surface area contributed by atoms with E-state index in [9.17, 15) is 9.59 Å². The van der Waals surface area contributed by atoms with E-state index in [1.54, 1.807) is 0 Å². The number of hydrogen-bond donors (Lipinski definition) is 3. The SMILES string of the molecule is CNC(=O)c1c(NCCN(C)C)sc(C(=O)OC)c1N. The van der Waals surface area contributed by atoms with Gasteiger partial charge in [0.15, 0.2) is 0 Å². The average Bonchev–Trinajstić information content (AvgIpc) is 2.73. The Morgan fingerprint density at radius 2 is 2.05 bits per heavy atom. The number of anilines is 2. The van der Waals surface area contributed by atoms with Gasteiger partial charge in [0.25, 0.3) is 5.91 Å². The number of ether oxygens (including phenoxy) is 1. The van der Waals surface area contributed by atoms with Crippen LogP contribution in [0.5, 0.6) is 0 Å². The average molecular weight is 300 g/mol. The zero-order chi connectivity index (χ0) is 15.3. The molecule has 1 aromatic rings. The van der Waals surface area contributed by atoms with Gasteiger partial charge in [0.1, 0.15) is 9.88 Å². The summed E-state index contributed by atoms with van der Waals surface area (Å²) in [7, 11) is 6.69. The summed E-state index contributed by atoms with van der Waals surface area (Å²) in [6.07, 6.45) is 0. The zero-order valence-electron chi connectivity index (χ0n) is 12.1. The molecule has 0 fully saturated rings. The first-order valence-electron chi connectivity index (χ1n) is 6.03. The highest BCUT2D eigenvalue weighted by molar-refractivity contribution is 7.19. The topological polar surface area (TPSA) is 96.7 Å². The molecule has 0 unspecified atom stereocenters. The summed E-state index contributed by atoms with van der Waals surface area (Å²) in [6.45, 7) is 1.43. The molecule has 112 valence electrons. The van der Waals surface area contributed by atoms with Crippen molar-refractivity contribution < 1.29 is 14.3 Å². The highest BCUT2D eigenvalue weighted by Crippen LogP contribution is 2.36. The Kier molecular flexibility index (Phi) is 5.78. The van der Waals surface area contributed by atoms with Crippen molar-refractivity contribution in [1.82, 2.24) is 10.2 Å². The molecule has 20 heavy (non-hydrogen) atoms. The van der Waals surface area contributed by atoms with Crippen LogP contribution in [-0.2, 0) is 4.74 Å². The lowest BCUT2D eigenvalue weighted by atomic mass is 10.2. The van der Waals surface area contributed by atoms with Gasteiger partial charge in [0.05, 0.1) is 18.4 Å². The normalized spacial score (nSPS) is 10.4. The van der Waals surface area contributed by atoms with Crippen LogP contribution in [0.3, 0.4) is 0 Å². The molecule has 0 aliphatic carbocycles. The number of likely N-dealkylation sites (N-methyl/N-ethyl adjacent to an activating group) is 1. The Morgan fingerprint density at radius 1 is 1.40 bits per heavy atom. The van der Waals surface area contributed by atoms with Gasteiger partial charge in [-0.05, 0) is 14.1 Å². The minimum Gasteiger partial charge on any atom is -0.465 e. The summed E-state index contributed by atoms with van der Waals surface area (Å²) in [5, 5.41) is 6.22. The van der Waals surface area contributed by atoms with E-state index in [1.165, 1.54) is 14.2 Å². The second-order valence-corrected chi connectivity index (χ2v) is 5.37. The zero-order valence-corrected chi connectivity index (χ0v) is 12.9. The second-order valence-electron chi connectivity index (χ2n) is 4.35. The van der Waals surface area contributed by atoms with E-state index in [-0.39, 0.29) is 22.0 Å². The third-order valence-electron chi connectivity index (χ3n) is 2.61. The predicted octanol–water partition coefficient (Wildman–Crippen LogP) is 0.450. The Bertz CT molecular complexity index is 499. The van der Waals surface area contributed by atoms with Gasteiger partial charge in [0.2, 0.25) is 0 Å². The fraction of sp³-hybridized carbons (Fsp3) is 0.500. The van der Waals surface area contributed by atoms with Crippen LogP contribution >= 0.6 is 11.3 Å². The maximum Gasteiger partial charge on any atom is 0.350 e. The number of nitrogens with zero attached hydrogens (tertiary/aromatic N) is 1. The second kappa shape index (κ2) is 7.11. The Morgan fingerprint density at radius 3 is 2.55 bits per heavy atom. The lowest BCUT2D eigenvalue weighted by Gasteiger charge is -2.11. The van der Waals surface area contributed by atoms with Gasteiger partial charge in [-0.15, -0.1) is 11.3 Å². The Labute approximate surface area is 122 Å². The summed E-state index contributed by atoms with van der Waals surface area (Å²) in [5.74, 6) is -0.875. The highest BCUT2D eigenvalue weighted by Gasteiger charge is 2.25. The molecule has 0 saturated heterocycles. The summed E-state index contributed by atoms with van der Waals surface area (Å²) in [6, 6.07) is 0. The van der Waals surface area contributed by atoms with E-state index >= 15 is 0 Å². The Balaban J connectivity index is 3.07. The van der Waals surface area contributed by atoms with Gasteiger partial charge in [0, 0.05) is 20.1 Å². The van der Waals surface area contributed by atoms with Crippen molar-refractivity contribution in [3.63, 3.8) is 0 Å². The van der Waals surface area contributed by atoms with E-state index in [1.807, 2.05) is 19.0 Å². The van der Waals surface area contributed by atoms with Crippen molar-refractivity contribution in [2.45, 2.75) is 0 Å². The van der Waals surface area contributed by atoms with Crippen LogP contribution in [0.25, 0.3) is 0 Å². The van der Waals surface area contributed by atoms with E-state index in [4.69, 9.17) is 5.73 Å². The highest BCUT2D eigenvalue weighted by atomic mass is 32.1. The number of nitrogens with two attached hydrogens (primary N) is 1. The standard InChI is InChI=1S/C12H20N4O3S/c1-14-10(17)7-8(13)9(12(18)19-4)20-11(7)15-5-6-16(2)3/h15H,5-6,13H2,1-4H3,(H,14,17). The molecule has 0 aliphatic heterocycles. The van der Waals surface area contributed by atoms with Crippen molar-refractivity contribution in [1.29, 1.82) is 0 Å².